The normalized spacial score (nSPS) is 20.5. The lowest BCUT2D eigenvalue weighted by molar-refractivity contribution is 0.0925. The Morgan fingerprint density at radius 1 is 1.56 bits per heavy atom. The van der Waals surface area contributed by atoms with E-state index in [0.717, 1.165) is 13.0 Å². The third-order valence-corrected chi connectivity index (χ3v) is 2.76. The molecule has 2 heterocycles. The second-order valence-corrected chi connectivity index (χ2v) is 3.67. The van der Waals surface area contributed by atoms with Crippen LogP contribution in [-0.2, 0) is 4.74 Å². The zero-order chi connectivity index (χ0) is 11.4. The molecule has 1 aromatic rings. The summed E-state index contributed by atoms with van der Waals surface area (Å²) in [4.78, 5) is 10.4. The quantitative estimate of drug-likeness (QED) is 0.740. The maximum Gasteiger partial charge on any atom is 0.183 e. The van der Waals surface area contributed by atoms with E-state index in [1.165, 1.54) is 0 Å². The fourth-order valence-electron chi connectivity index (χ4n) is 1.89. The minimum absolute atomic E-state index is 0.289. The van der Waals surface area contributed by atoms with Crippen molar-refractivity contribution in [2.45, 2.75) is 19.4 Å². The molecule has 1 aliphatic heterocycles. The van der Waals surface area contributed by atoms with Crippen LogP contribution in [0.3, 0.4) is 0 Å². The monoisotopic (exact) mass is 218 g/mol. The molecule has 1 unspecified atom stereocenters. The third kappa shape index (κ3) is 1.97. The molecule has 2 rings (SSSR count). The molecule has 16 heavy (non-hydrogen) atoms. The summed E-state index contributed by atoms with van der Waals surface area (Å²) in [6.07, 6.45) is 4.14. The second kappa shape index (κ2) is 4.90. The van der Waals surface area contributed by atoms with Gasteiger partial charge in [0.05, 0.1) is 19.3 Å². The van der Waals surface area contributed by atoms with E-state index in [0.29, 0.717) is 24.7 Å². The number of rotatable bonds is 2. The molecule has 0 aromatic carbocycles. The number of aromatic nitrogens is 2. The van der Waals surface area contributed by atoms with E-state index in [4.69, 9.17) is 10.00 Å². The fraction of sp³-hybridized carbons (Fsp3) is 0.545. The van der Waals surface area contributed by atoms with Crippen molar-refractivity contribution in [2.75, 3.05) is 24.7 Å². The Morgan fingerprint density at radius 3 is 3.12 bits per heavy atom. The Morgan fingerprint density at radius 2 is 2.38 bits per heavy atom. The van der Waals surface area contributed by atoms with Crippen molar-refractivity contribution in [3.05, 3.63) is 18.1 Å². The highest BCUT2D eigenvalue weighted by Crippen LogP contribution is 2.20. The maximum atomic E-state index is 9.00. The molecule has 1 saturated heterocycles. The molecule has 0 saturated carbocycles. The number of anilines is 1. The first-order chi connectivity index (χ1) is 7.86. The first-order valence-corrected chi connectivity index (χ1v) is 5.42. The molecular weight excluding hydrogens is 204 g/mol. The van der Waals surface area contributed by atoms with Gasteiger partial charge in [0.25, 0.3) is 0 Å². The molecule has 1 fully saturated rings. The van der Waals surface area contributed by atoms with Gasteiger partial charge < -0.3 is 9.64 Å². The standard InChI is InChI=1S/C11H14N4O/c1-2-9-8-16-6-5-15(9)11-10(7-12)13-3-4-14-11/h3-4,9H,2,5-6,8H2,1H3. The van der Waals surface area contributed by atoms with Gasteiger partial charge >= 0.3 is 0 Å². The number of morpholine rings is 1. The first-order valence-electron chi connectivity index (χ1n) is 5.42. The summed E-state index contributed by atoms with van der Waals surface area (Å²) in [5.41, 5.74) is 0.392. The zero-order valence-corrected chi connectivity index (χ0v) is 9.26. The largest absolute Gasteiger partial charge is 0.377 e. The molecule has 0 aliphatic carbocycles. The number of nitrogens with zero attached hydrogens (tertiary/aromatic N) is 4. The smallest absolute Gasteiger partial charge is 0.183 e. The van der Waals surface area contributed by atoms with Gasteiger partial charge in [0.1, 0.15) is 6.07 Å². The first kappa shape index (κ1) is 10.8. The molecule has 1 atom stereocenters. The van der Waals surface area contributed by atoms with E-state index in [9.17, 15) is 0 Å². The number of ether oxygens (including phenoxy) is 1. The molecule has 0 amide bonds. The van der Waals surface area contributed by atoms with Crippen LogP contribution < -0.4 is 4.90 Å². The van der Waals surface area contributed by atoms with Crippen LogP contribution in [0.2, 0.25) is 0 Å². The SMILES string of the molecule is CCC1COCCN1c1nccnc1C#N. The lowest BCUT2D eigenvalue weighted by atomic mass is 10.1. The van der Waals surface area contributed by atoms with Crippen LogP contribution in [0, 0.1) is 11.3 Å². The molecule has 84 valence electrons. The van der Waals surface area contributed by atoms with Gasteiger partial charge in [-0.15, -0.1) is 0 Å². The summed E-state index contributed by atoms with van der Waals surface area (Å²) < 4.78 is 5.43. The van der Waals surface area contributed by atoms with Crippen molar-refractivity contribution in [3.63, 3.8) is 0 Å². The van der Waals surface area contributed by atoms with Gasteiger partial charge in [-0.05, 0) is 6.42 Å². The van der Waals surface area contributed by atoms with Crippen molar-refractivity contribution in [1.82, 2.24) is 9.97 Å². The van der Waals surface area contributed by atoms with E-state index < -0.39 is 0 Å². The zero-order valence-electron chi connectivity index (χ0n) is 9.26. The lowest BCUT2D eigenvalue weighted by Gasteiger charge is -2.35. The topological polar surface area (TPSA) is 62.0 Å². The van der Waals surface area contributed by atoms with Crippen molar-refractivity contribution in [2.24, 2.45) is 0 Å². The van der Waals surface area contributed by atoms with E-state index in [1.54, 1.807) is 12.4 Å². The van der Waals surface area contributed by atoms with Gasteiger partial charge in [-0.25, -0.2) is 9.97 Å². The van der Waals surface area contributed by atoms with Crippen LogP contribution in [0.4, 0.5) is 5.82 Å². The van der Waals surface area contributed by atoms with Crippen LogP contribution in [0.15, 0.2) is 12.4 Å². The fourth-order valence-corrected chi connectivity index (χ4v) is 1.89. The van der Waals surface area contributed by atoms with Gasteiger partial charge in [-0.3, -0.25) is 0 Å². The van der Waals surface area contributed by atoms with Crippen LogP contribution in [0.25, 0.3) is 0 Å². The number of hydrogen-bond acceptors (Lipinski definition) is 5. The average Bonchev–Trinajstić information content (AvgIpc) is 2.38. The van der Waals surface area contributed by atoms with Gasteiger partial charge in [0, 0.05) is 18.9 Å². The Bertz CT molecular complexity index is 401. The van der Waals surface area contributed by atoms with E-state index in [-0.39, 0.29) is 6.04 Å². The highest BCUT2D eigenvalue weighted by molar-refractivity contribution is 5.50. The summed E-state index contributed by atoms with van der Waals surface area (Å²) in [6.45, 7) is 4.25. The van der Waals surface area contributed by atoms with Gasteiger partial charge in [0.2, 0.25) is 0 Å². The molecule has 5 heteroatoms. The van der Waals surface area contributed by atoms with Crippen molar-refractivity contribution >= 4 is 5.82 Å². The molecular formula is C11H14N4O. The lowest BCUT2D eigenvalue weighted by Crippen LogP contribution is -2.46. The summed E-state index contributed by atoms with van der Waals surface area (Å²) in [6, 6.07) is 2.37. The van der Waals surface area contributed by atoms with Crippen molar-refractivity contribution in [3.8, 4) is 6.07 Å². The summed E-state index contributed by atoms with van der Waals surface area (Å²) in [7, 11) is 0. The van der Waals surface area contributed by atoms with Gasteiger partial charge in [-0.1, -0.05) is 6.92 Å². The average molecular weight is 218 g/mol. The Balaban J connectivity index is 2.31. The minimum atomic E-state index is 0.289. The molecule has 1 aliphatic rings. The summed E-state index contributed by atoms with van der Waals surface area (Å²) in [5.74, 6) is 0.681. The molecule has 0 spiro atoms. The predicted octanol–water partition coefficient (Wildman–Crippen LogP) is 0.963. The molecule has 0 N–H and O–H groups in total. The van der Waals surface area contributed by atoms with Crippen LogP contribution in [-0.4, -0.2) is 35.8 Å². The molecule has 1 aromatic heterocycles. The molecule has 0 radical (unpaired) electrons. The van der Waals surface area contributed by atoms with Crippen LogP contribution in [0.5, 0.6) is 0 Å². The Hall–Kier alpha value is -1.67. The summed E-state index contributed by atoms with van der Waals surface area (Å²) >= 11 is 0. The Kier molecular flexibility index (Phi) is 3.32. The third-order valence-electron chi connectivity index (χ3n) is 2.76. The van der Waals surface area contributed by atoms with E-state index in [1.807, 2.05) is 0 Å². The predicted molar refractivity (Wildman–Crippen MR) is 59.0 cm³/mol. The van der Waals surface area contributed by atoms with Crippen LogP contribution >= 0.6 is 0 Å². The maximum absolute atomic E-state index is 9.00. The van der Waals surface area contributed by atoms with Gasteiger partial charge in [-0.2, -0.15) is 5.26 Å². The number of hydrogen-bond donors (Lipinski definition) is 0. The highest BCUT2D eigenvalue weighted by atomic mass is 16.5. The van der Waals surface area contributed by atoms with Crippen molar-refractivity contribution in [1.29, 1.82) is 5.26 Å². The second-order valence-electron chi connectivity index (χ2n) is 3.67. The number of nitriles is 1. The van der Waals surface area contributed by atoms with E-state index >= 15 is 0 Å². The highest BCUT2D eigenvalue weighted by Gasteiger charge is 2.24. The van der Waals surface area contributed by atoms with Gasteiger partial charge in [0.15, 0.2) is 11.5 Å². The Labute approximate surface area is 94.7 Å². The van der Waals surface area contributed by atoms with Crippen LogP contribution in [0.1, 0.15) is 19.0 Å². The van der Waals surface area contributed by atoms with Crippen molar-refractivity contribution < 1.29 is 4.74 Å². The molecule has 0 bridgehead atoms. The minimum Gasteiger partial charge on any atom is -0.377 e. The summed E-state index contributed by atoms with van der Waals surface area (Å²) in [5, 5.41) is 9.00. The molecule has 5 nitrogen and oxygen atoms in total. The van der Waals surface area contributed by atoms with E-state index in [2.05, 4.69) is 27.9 Å².